The van der Waals surface area contributed by atoms with Gasteiger partial charge in [0.2, 0.25) is 0 Å². The molecule has 0 spiro atoms. The van der Waals surface area contributed by atoms with E-state index >= 15 is 0 Å². The van der Waals surface area contributed by atoms with Crippen LogP contribution in [-0.2, 0) is 0 Å². The number of nitrogens with one attached hydrogen (secondary N) is 1. The number of nitrogens with zero attached hydrogens (tertiary/aromatic N) is 2. The zero-order chi connectivity index (χ0) is 11.5. The molecule has 2 rings (SSSR count). The third kappa shape index (κ3) is 2.15. The van der Waals surface area contributed by atoms with E-state index in [-0.39, 0.29) is 0 Å². The Labute approximate surface area is 97.5 Å². The fourth-order valence-corrected chi connectivity index (χ4v) is 1.44. The van der Waals surface area contributed by atoms with E-state index in [0.29, 0.717) is 28.2 Å². The van der Waals surface area contributed by atoms with Gasteiger partial charge in [0, 0.05) is 0 Å². The van der Waals surface area contributed by atoms with Gasteiger partial charge >= 0.3 is 0 Å². The number of nitriles is 1. The van der Waals surface area contributed by atoms with E-state index < -0.39 is 0 Å². The molecule has 1 aromatic carbocycles. The smallest absolute Gasteiger partial charge is 0.257 e. The van der Waals surface area contributed by atoms with Gasteiger partial charge in [0.25, 0.3) is 5.88 Å². The Hall–Kier alpha value is -1.99. The highest BCUT2D eigenvalue weighted by Crippen LogP contribution is 2.26. The van der Waals surface area contributed by atoms with Crippen LogP contribution in [0, 0.1) is 18.3 Å². The van der Waals surface area contributed by atoms with Crippen LogP contribution in [0.1, 0.15) is 11.4 Å². The zero-order valence-corrected chi connectivity index (χ0v) is 9.25. The summed E-state index contributed by atoms with van der Waals surface area (Å²) in [6, 6.07) is 8.76. The Morgan fingerprint density at radius 3 is 2.56 bits per heavy atom. The maximum Gasteiger partial charge on any atom is 0.257 e. The maximum atomic E-state index is 8.64. The van der Waals surface area contributed by atoms with Gasteiger partial charge in [-0.05, 0) is 31.2 Å². The Kier molecular flexibility index (Phi) is 2.80. The topological polar surface area (TPSA) is 61.7 Å². The van der Waals surface area contributed by atoms with E-state index in [1.54, 1.807) is 31.2 Å². The Morgan fingerprint density at radius 2 is 2.06 bits per heavy atom. The number of hydrogen-bond acceptors (Lipinski definition) is 3. The number of aromatic nitrogens is 2. The monoisotopic (exact) mass is 233 g/mol. The summed E-state index contributed by atoms with van der Waals surface area (Å²) in [5.74, 6) is 1.62. The van der Waals surface area contributed by atoms with Crippen molar-refractivity contribution in [2.45, 2.75) is 6.92 Å². The number of H-pyrrole nitrogens is 1. The quantitative estimate of drug-likeness (QED) is 0.867. The summed E-state index contributed by atoms with van der Waals surface area (Å²) in [4.78, 5) is 6.90. The van der Waals surface area contributed by atoms with Gasteiger partial charge in [0.15, 0.2) is 5.15 Å². The third-order valence-electron chi connectivity index (χ3n) is 1.95. The van der Waals surface area contributed by atoms with E-state index in [1.807, 2.05) is 6.07 Å². The summed E-state index contributed by atoms with van der Waals surface area (Å²) >= 11 is 5.86. The van der Waals surface area contributed by atoms with Crippen LogP contribution in [0.15, 0.2) is 24.3 Å². The van der Waals surface area contributed by atoms with Crippen molar-refractivity contribution >= 4 is 11.6 Å². The summed E-state index contributed by atoms with van der Waals surface area (Å²) in [5.41, 5.74) is 0.580. The molecule has 80 valence electrons. The maximum absolute atomic E-state index is 8.64. The molecule has 0 amide bonds. The number of imidazole rings is 1. The molecule has 0 bridgehead atoms. The molecule has 0 saturated heterocycles. The van der Waals surface area contributed by atoms with Crippen molar-refractivity contribution < 1.29 is 4.74 Å². The highest BCUT2D eigenvalue weighted by molar-refractivity contribution is 6.30. The molecule has 0 aliphatic heterocycles. The van der Waals surface area contributed by atoms with Crippen LogP contribution >= 0.6 is 11.6 Å². The van der Waals surface area contributed by atoms with Crippen molar-refractivity contribution in [3.05, 3.63) is 40.8 Å². The normalized spacial score (nSPS) is 9.81. The SMILES string of the molecule is Cc1nc(Oc2ccc(C#N)cc2)c(Cl)[nH]1. The number of aromatic amines is 1. The molecule has 0 unspecified atom stereocenters. The molecule has 1 aromatic heterocycles. The van der Waals surface area contributed by atoms with Crippen molar-refractivity contribution in [1.29, 1.82) is 5.26 Å². The van der Waals surface area contributed by atoms with Crippen molar-refractivity contribution in [1.82, 2.24) is 9.97 Å². The van der Waals surface area contributed by atoms with Gasteiger partial charge in [-0.15, -0.1) is 0 Å². The number of ether oxygens (including phenoxy) is 1. The lowest BCUT2D eigenvalue weighted by Gasteiger charge is -2.01. The number of halogens is 1. The molecule has 4 nitrogen and oxygen atoms in total. The van der Waals surface area contributed by atoms with Gasteiger partial charge in [-0.25, -0.2) is 0 Å². The second-order valence-corrected chi connectivity index (χ2v) is 3.56. The second-order valence-electron chi connectivity index (χ2n) is 3.18. The Morgan fingerprint density at radius 1 is 1.38 bits per heavy atom. The molecular formula is C11H8ClN3O. The predicted molar refractivity (Wildman–Crippen MR) is 59.6 cm³/mol. The summed E-state index contributed by atoms with van der Waals surface area (Å²) in [6.45, 7) is 1.79. The van der Waals surface area contributed by atoms with Crippen LogP contribution in [0.25, 0.3) is 0 Å². The van der Waals surface area contributed by atoms with E-state index in [9.17, 15) is 0 Å². The lowest BCUT2D eigenvalue weighted by molar-refractivity contribution is 0.465. The third-order valence-corrected chi connectivity index (χ3v) is 2.20. The van der Waals surface area contributed by atoms with E-state index in [1.165, 1.54) is 0 Å². The molecule has 1 heterocycles. The van der Waals surface area contributed by atoms with E-state index in [0.717, 1.165) is 0 Å². The van der Waals surface area contributed by atoms with Gasteiger partial charge in [0.05, 0.1) is 11.6 Å². The summed E-state index contributed by atoms with van der Waals surface area (Å²) in [7, 11) is 0. The van der Waals surface area contributed by atoms with Crippen LogP contribution in [-0.4, -0.2) is 9.97 Å². The van der Waals surface area contributed by atoms with E-state index in [2.05, 4.69) is 9.97 Å². The van der Waals surface area contributed by atoms with Crippen LogP contribution < -0.4 is 4.74 Å². The fraction of sp³-hybridized carbons (Fsp3) is 0.0909. The van der Waals surface area contributed by atoms with Crippen LogP contribution in [0.3, 0.4) is 0 Å². The zero-order valence-electron chi connectivity index (χ0n) is 8.49. The fourth-order valence-electron chi connectivity index (χ4n) is 1.22. The number of benzene rings is 1. The molecule has 0 saturated carbocycles. The average Bonchev–Trinajstić information content (AvgIpc) is 2.59. The first-order chi connectivity index (χ1) is 7.69. The molecule has 0 fully saturated rings. The molecule has 0 aliphatic carbocycles. The molecule has 16 heavy (non-hydrogen) atoms. The minimum atomic E-state index is 0.337. The molecular weight excluding hydrogens is 226 g/mol. The summed E-state index contributed by atoms with van der Waals surface area (Å²) < 4.78 is 5.45. The second kappa shape index (κ2) is 4.25. The molecule has 2 aromatic rings. The van der Waals surface area contributed by atoms with Gasteiger partial charge in [-0.2, -0.15) is 10.2 Å². The largest absolute Gasteiger partial charge is 0.436 e. The van der Waals surface area contributed by atoms with Crippen molar-refractivity contribution in [3.63, 3.8) is 0 Å². The molecule has 5 heteroatoms. The first kappa shape index (κ1) is 10.5. The van der Waals surface area contributed by atoms with Gasteiger partial charge < -0.3 is 9.72 Å². The minimum Gasteiger partial charge on any atom is -0.436 e. The number of rotatable bonds is 2. The first-order valence-electron chi connectivity index (χ1n) is 4.59. The highest BCUT2D eigenvalue weighted by Gasteiger charge is 2.07. The van der Waals surface area contributed by atoms with Crippen molar-refractivity contribution in [2.24, 2.45) is 0 Å². The summed E-state index contributed by atoms with van der Waals surface area (Å²) in [5, 5.41) is 9.00. The van der Waals surface area contributed by atoms with Gasteiger partial charge in [-0.3, -0.25) is 0 Å². The molecule has 0 aliphatic rings. The van der Waals surface area contributed by atoms with Crippen LogP contribution in [0.5, 0.6) is 11.6 Å². The molecule has 1 N–H and O–H groups in total. The van der Waals surface area contributed by atoms with Crippen LogP contribution in [0.2, 0.25) is 5.15 Å². The predicted octanol–water partition coefficient (Wildman–Crippen LogP) is 3.04. The van der Waals surface area contributed by atoms with E-state index in [4.69, 9.17) is 21.6 Å². The van der Waals surface area contributed by atoms with Gasteiger partial charge in [0.1, 0.15) is 11.6 Å². The Bertz CT molecular complexity index is 539. The standard InChI is InChI=1S/C11H8ClN3O/c1-7-14-10(12)11(15-7)16-9-4-2-8(6-13)3-5-9/h2-5H,1H3,(H,14,15). The average molecular weight is 234 g/mol. The lowest BCUT2D eigenvalue weighted by atomic mass is 10.2. The molecule has 0 atom stereocenters. The van der Waals surface area contributed by atoms with Crippen molar-refractivity contribution in [3.8, 4) is 17.7 Å². The van der Waals surface area contributed by atoms with Gasteiger partial charge in [-0.1, -0.05) is 11.6 Å². The first-order valence-corrected chi connectivity index (χ1v) is 4.97. The molecule has 0 radical (unpaired) electrons. The lowest BCUT2D eigenvalue weighted by Crippen LogP contribution is -1.85. The van der Waals surface area contributed by atoms with Crippen molar-refractivity contribution in [2.75, 3.05) is 0 Å². The van der Waals surface area contributed by atoms with Crippen LogP contribution in [0.4, 0.5) is 0 Å². The number of hydrogen-bond donors (Lipinski definition) is 1. The summed E-state index contributed by atoms with van der Waals surface area (Å²) in [6.07, 6.45) is 0. The highest BCUT2D eigenvalue weighted by atomic mass is 35.5. The Balaban J connectivity index is 2.21. The minimum absolute atomic E-state index is 0.337. The number of aryl methyl sites for hydroxylation is 1.